The number of rotatable bonds is 3. The van der Waals surface area contributed by atoms with Crippen molar-refractivity contribution in [2.75, 3.05) is 0 Å². The molecule has 0 fully saturated rings. The molecule has 23 heavy (non-hydrogen) atoms. The number of carbonyl (C=O) groups excluding carboxylic acids is 1. The maximum absolute atomic E-state index is 12.4. The van der Waals surface area contributed by atoms with Crippen molar-refractivity contribution in [3.8, 4) is 11.7 Å². The van der Waals surface area contributed by atoms with Crippen molar-refractivity contribution >= 4 is 17.4 Å². The quantitative estimate of drug-likeness (QED) is 0.714. The smallest absolute Gasteiger partial charge is 0.252 e. The Labute approximate surface area is 135 Å². The minimum absolute atomic E-state index is 0.0720. The number of aromatic amines is 1. The minimum atomic E-state index is -0.439. The average Bonchev–Trinajstić information content (AvgIpc) is 2.98. The summed E-state index contributed by atoms with van der Waals surface area (Å²) < 4.78 is 1.28. The molecule has 0 atom stereocenters. The second kappa shape index (κ2) is 5.69. The first-order chi connectivity index (χ1) is 10.9. The molecule has 0 bridgehead atoms. The summed E-state index contributed by atoms with van der Waals surface area (Å²) in [4.78, 5) is 30.6. The van der Waals surface area contributed by atoms with Crippen molar-refractivity contribution in [1.82, 2.24) is 19.7 Å². The third-order valence-corrected chi connectivity index (χ3v) is 3.36. The summed E-state index contributed by atoms with van der Waals surface area (Å²) in [6.45, 7) is 1.68. The lowest BCUT2D eigenvalue weighted by Crippen LogP contribution is -2.13. The molecule has 0 aliphatic rings. The first kappa shape index (κ1) is 15.0. The van der Waals surface area contributed by atoms with Gasteiger partial charge in [0, 0.05) is 23.0 Å². The number of phenols is 1. The van der Waals surface area contributed by atoms with E-state index in [1.54, 1.807) is 6.92 Å². The molecule has 2 heterocycles. The van der Waals surface area contributed by atoms with E-state index >= 15 is 0 Å². The van der Waals surface area contributed by atoms with Gasteiger partial charge in [0.25, 0.3) is 5.56 Å². The molecule has 1 aromatic carbocycles. The zero-order chi connectivity index (χ0) is 16.6. The average molecular weight is 331 g/mol. The molecule has 0 spiro atoms. The third kappa shape index (κ3) is 3.00. The molecule has 0 aliphatic heterocycles. The van der Waals surface area contributed by atoms with Gasteiger partial charge in [0.1, 0.15) is 5.75 Å². The Kier molecular flexibility index (Phi) is 3.71. The summed E-state index contributed by atoms with van der Waals surface area (Å²) in [6, 6.07) is 5.56. The molecule has 8 heteroatoms. The topological polar surface area (TPSA) is 101 Å². The lowest BCUT2D eigenvalue weighted by atomic mass is 10.1. The van der Waals surface area contributed by atoms with E-state index in [0.717, 1.165) is 0 Å². The van der Waals surface area contributed by atoms with Crippen molar-refractivity contribution in [3.05, 3.63) is 68.9 Å². The van der Waals surface area contributed by atoms with E-state index in [1.165, 1.54) is 41.3 Å². The zero-order valence-electron chi connectivity index (χ0n) is 11.9. The number of carbonyl (C=O) groups is 1. The van der Waals surface area contributed by atoms with Gasteiger partial charge in [-0.15, -0.1) is 0 Å². The molecular formula is C15H11ClN4O3. The largest absolute Gasteiger partial charge is 0.507 e. The van der Waals surface area contributed by atoms with Crippen LogP contribution in [0.2, 0.25) is 5.02 Å². The molecule has 0 saturated carbocycles. The normalized spacial score (nSPS) is 10.7. The summed E-state index contributed by atoms with van der Waals surface area (Å²) >= 11 is 5.85. The van der Waals surface area contributed by atoms with Crippen LogP contribution in [0.3, 0.4) is 0 Å². The SMILES string of the molecule is Cc1cc(=O)[nH]c(-n2cc(C(=O)c3cc(Cl)ccc3O)cn2)n1. The van der Waals surface area contributed by atoms with Crippen molar-refractivity contribution < 1.29 is 9.90 Å². The predicted molar refractivity (Wildman–Crippen MR) is 83.3 cm³/mol. The monoisotopic (exact) mass is 330 g/mol. The summed E-state index contributed by atoms with van der Waals surface area (Å²) in [6.07, 6.45) is 2.74. The number of phenolic OH excluding ortho intramolecular Hbond substituents is 1. The fourth-order valence-electron chi connectivity index (χ4n) is 2.07. The van der Waals surface area contributed by atoms with Gasteiger partial charge in [-0.1, -0.05) is 11.6 Å². The van der Waals surface area contributed by atoms with Crippen molar-refractivity contribution in [2.24, 2.45) is 0 Å². The highest BCUT2D eigenvalue weighted by atomic mass is 35.5. The van der Waals surface area contributed by atoms with Crippen LogP contribution < -0.4 is 5.56 Å². The number of halogens is 1. The Bertz CT molecular complexity index is 961. The van der Waals surface area contributed by atoms with Gasteiger partial charge >= 0.3 is 0 Å². The molecule has 0 unspecified atom stereocenters. The maximum atomic E-state index is 12.4. The molecule has 3 rings (SSSR count). The third-order valence-electron chi connectivity index (χ3n) is 3.12. The highest BCUT2D eigenvalue weighted by Crippen LogP contribution is 2.24. The molecule has 7 nitrogen and oxygen atoms in total. The molecule has 3 aromatic rings. The van der Waals surface area contributed by atoms with Crippen LogP contribution in [0.15, 0.2) is 41.5 Å². The lowest BCUT2D eigenvalue weighted by Gasteiger charge is -2.02. The van der Waals surface area contributed by atoms with Gasteiger partial charge in [-0.05, 0) is 25.1 Å². The van der Waals surface area contributed by atoms with Gasteiger partial charge in [-0.2, -0.15) is 5.10 Å². The van der Waals surface area contributed by atoms with Gasteiger partial charge in [0.15, 0.2) is 5.78 Å². The van der Waals surface area contributed by atoms with Gasteiger partial charge in [-0.25, -0.2) is 9.67 Å². The first-order valence-electron chi connectivity index (χ1n) is 6.60. The molecular weight excluding hydrogens is 320 g/mol. The second-order valence-electron chi connectivity index (χ2n) is 4.87. The summed E-state index contributed by atoms with van der Waals surface area (Å²) in [5.74, 6) is -0.412. The Balaban J connectivity index is 2.00. The van der Waals surface area contributed by atoms with Crippen molar-refractivity contribution in [2.45, 2.75) is 6.92 Å². The highest BCUT2D eigenvalue weighted by Gasteiger charge is 2.17. The van der Waals surface area contributed by atoms with Crippen LogP contribution >= 0.6 is 11.6 Å². The van der Waals surface area contributed by atoms with Gasteiger partial charge < -0.3 is 5.11 Å². The molecule has 2 aromatic heterocycles. The predicted octanol–water partition coefficient (Wildman–Crippen LogP) is 1.85. The number of nitrogens with one attached hydrogen (secondary N) is 1. The van der Waals surface area contributed by atoms with Crippen molar-refractivity contribution in [3.63, 3.8) is 0 Å². The van der Waals surface area contributed by atoms with E-state index in [-0.39, 0.29) is 28.4 Å². The van der Waals surface area contributed by atoms with Crippen molar-refractivity contribution in [1.29, 1.82) is 0 Å². The van der Waals surface area contributed by atoms with Gasteiger partial charge in [0.2, 0.25) is 5.95 Å². The van der Waals surface area contributed by atoms with Crippen LogP contribution in [-0.4, -0.2) is 30.6 Å². The Morgan fingerprint density at radius 2 is 2.13 bits per heavy atom. The van der Waals surface area contributed by atoms with E-state index in [4.69, 9.17) is 11.6 Å². The second-order valence-corrected chi connectivity index (χ2v) is 5.31. The Hall–Kier alpha value is -2.93. The maximum Gasteiger partial charge on any atom is 0.252 e. The van der Waals surface area contributed by atoms with Crippen LogP contribution in [0.5, 0.6) is 5.75 Å². The van der Waals surface area contributed by atoms with Crippen LogP contribution in [-0.2, 0) is 0 Å². The Morgan fingerprint density at radius 3 is 2.87 bits per heavy atom. The van der Waals surface area contributed by atoms with E-state index < -0.39 is 5.78 Å². The molecule has 0 saturated heterocycles. The van der Waals surface area contributed by atoms with Crippen LogP contribution in [0.25, 0.3) is 5.95 Å². The van der Waals surface area contributed by atoms with Crippen LogP contribution in [0.1, 0.15) is 21.6 Å². The number of ketones is 1. The molecule has 2 N–H and O–H groups in total. The fourth-order valence-corrected chi connectivity index (χ4v) is 2.25. The van der Waals surface area contributed by atoms with Gasteiger partial charge in [-0.3, -0.25) is 14.6 Å². The highest BCUT2D eigenvalue weighted by molar-refractivity contribution is 6.31. The first-order valence-corrected chi connectivity index (χ1v) is 6.98. The van der Waals surface area contributed by atoms with E-state index in [1.807, 2.05) is 0 Å². The number of hydrogen-bond acceptors (Lipinski definition) is 5. The van der Waals surface area contributed by atoms with E-state index in [9.17, 15) is 14.7 Å². The summed E-state index contributed by atoms with van der Waals surface area (Å²) in [7, 11) is 0. The molecule has 0 amide bonds. The number of nitrogens with zero attached hydrogens (tertiary/aromatic N) is 3. The zero-order valence-corrected chi connectivity index (χ0v) is 12.7. The number of benzene rings is 1. The number of H-pyrrole nitrogens is 1. The number of aromatic hydroxyl groups is 1. The van der Waals surface area contributed by atoms with E-state index in [0.29, 0.717) is 10.7 Å². The molecule has 0 aliphatic carbocycles. The summed E-state index contributed by atoms with van der Waals surface area (Å²) in [5.41, 5.74) is 0.512. The Morgan fingerprint density at radius 1 is 1.35 bits per heavy atom. The standard InChI is InChI=1S/C15H11ClN4O3/c1-8-4-13(22)19-15(18-8)20-7-9(6-17-20)14(23)11-5-10(16)2-3-12(11)21/h2-7,21H,1H3,(H,18,19,22). The van der Waals surface area contributed by atoms with Crippen LogP contribution in [0, 0.1) is 6.92 Å². The van der Waals surface area contributed by atoms with Gasteiger partial charge in [0.05, 0.1) is 17.3 Å². The summed E-state index contributed by atoms with van der Waals surface area (Å²) in [5, 5.41) is 14.1. The lowest BCUT2D eigenvalue weighted by molar-refractivity contribution is 0.103. The number of hydrogen-bond donors (Lipinski definition) is 2. The number of aromatic nitrogens is 4. The molecule has 116 valence electrons. The molecule has 0 radical (unpaired) electrons. The fraction of sp³-hybridized carbons (Fsp3) is 0.0667. The van der Waals surface area contributed by atoms with E-state index in [2.05, 4.69) is 15.1 Å². The number of aryl methyl sites for hydroxylation is 1. The minimum Gasteiger partial charge on any atom is -0.507 e. The van der Waals surface area contributed by atoms with Crippen LogP contribution in [0.4, 0.5) is 0 Å².